The van der Waals surface area contributed by atoms with Gasteiger partial charge < -0.3 is 5.32 Å². The molecule has 0 bridgehead atoms. The van der Waals surface area contributed by atoms with Crippen molar-refractivity contribution in [3.8, 4) is 0 Å². The van der Waals surface area contributed by atoms with E-state index in [0.29, 0.717) is 23.9 Å². The second-order valence-electron chi connectivity index (χ2n) is 6.58. The Labute approximate surface area is 161 Å². The van der Waals surface area contributed by atoms with Gasteiger partial charge in [0.15, 0.2) is 0 Å². The topological polar surface area (TPSA) is 96.3 Å². The first-order valence-corrected chi connectivity index (χ1v) is 10.1. The summed E-state index contributed by atoms with van der Waals surface area (Å²) in [6.07, 6.45) is 1.86. The van der Waals surface area contributed by atoms with Gasteiger partial charge in [0.05, 0.1) is 17.4 Å². The Morgan fingerprint density at radius 1 is 1.39 bits per heavy atom. The Bertz CT molecular complexity index is 1010. The van der Waals surface area contributed by atoms with Crippen LogP contribution in [-0.4, -0.2) is 41.5 Å². The van der Waals surface area contributed by atoms with Crippen molar-refractivity contribution in [2.24, 2.45) is 0 Å². The molecule has 11 heteroatoms. The number of hydrogen-bond acceptors (Lipinski definition) is 4. The predicted octanol–water partition coefficient (Wildman–Crippen LogP) is 1.71. The van der Waals surface area contributed by atoms with Crippen molar-refractivity contribution in [3.63, 3.8) is 0 Å². The summed E-state index contributed by atoms with van der Waals surface area (Å²) in [7, 11) is -2.67. The second kappa shape index (κ2) is 7.57. The van der Waals surface area contributed by atoms with Crippen LogP contribution in [0.2, 0.25) is 0 Å². The zero-order valence-electron chi connectivity index (χ0n) is 15.6. The molecular formula is C17H21F2N5O3S. The molecule has 1 aromatic heterocycles. The number of benzene rings is 1. The SMILES string of the molecule is CCn1cc([C@@H]2C[C@@H](C(=O)Nc3ccc(F)cc3F)N(C)S(=O)(=O)N2)c(C)n1. The number of nitrogens with zero attached hydrogens (tertiary/aromatic N) is 3. The van der Waals surface area contributed by atoms with Crippen LogP contribution in [-0.2, 0) is 21.5 Å². The first-order valence-electron chi connectivity index (χ1n) is 8.67. The normalized spacial score (nSPS) is 22.2. The van der Waals surface area contributed by atoms with Crippen molar-refractivity contribution in [3.05, 3.63) is 47.3 Å². The third-order valence-corrected chi connectivity index (χ3v) is 6.34. The number of likely N-dealkylation sites (N-methyl/N-ethyl adjacent to an activating group) is 1. The van der Waals surface area contributed by atoms with E-state index >= 15 is 0 Å². The lowest BCUT2D eigenvalue weighted by Gasteiger charge is -2.36. The second-order valence-corrected chi connectivity index (χ2v) is 8.34. The van der Waals surface area contributed by atoms with Gasteiger partial charge in [0.1, 0.15) is 17.7 Å². The number of anilines is 1. The molecule has 3 rings (SSSR count). The van der Waals surface area contributed by atoms with Gasteiger partial charge in [-0.25, -0.2) is 8.78 Å². The van der Waals surface area contributed by atoms with Crippen molar-refractivity contribution in [1.29, 1.82) is 0 Å². The summed E-state index contributed by atoms with van der Waals surface area (Å²) in [6, 6.07) is 1.00. The number of carbonyl (C=O) groups is 1. The number of rotatable bonds is 4. The van der Waals surface area contributed by atoms with Crippen molar-refractivity contribution in [2.75, 3.05) is 12.4 Å². The van der Waals surface area contributed by atoms with Crippen LogP contribution in [0.3, 0.4) is 0 Å². The van der Waals surface area contributed by atoms with Gasteiger partial charge in [-0.2, -0.15) is 22.5 Å². The minimum Gasteiger partial charge on any atom is -0.322 e. The smallest absolute Gasteiger partial charge is 0.280 e. The quantitative estimate of drug-likeness (QED) is 0.798. The summed E-state index contributed by atoms with van der Waals surface area (Å²) in [6.45, 7) is 4.29. The minimum atomic E-state index is -3.94. The fourth-order valence-corrected chi connectivity index (χ4v) is 4.42. The highest BCUT2D eigenvalue weighted by atomic mass is 32.2. The Kier molecular flexibility index (Phi) is 5.50. The van der Waals surface area contributed by atoms with E-state index < -0.39 is 39.8 Å². The fraction of sp³-hybridized carbons (Fsp3) is 0.412. The summed E-state index contributed by atoms with van der Waals surface area (Å²) in [5.41, 5.74) is 1.11. The molecule has 1 aliphatic heterocycles. The Morgan fingerprint density at radius 2 is 2.11 bits per heavy atom. The van der Waals surface area contributed by atoms with E-state index in [1.165, 1.54) is 7.05 Å². The van der Waals surface area contributed by atoms with Crippen molar-refractivity contribution in [2.45, 2.75) is 38.9 Å². The maximum absolute atomic E-state index is 13.9. The standard InChI is InChI=1S/C17H21F2N5O3S/c1-4-24-9-12(10(2)21-24)15-8-16(23(3)28(26,27)22-15)17(25)20-14-6-5-11(18)7-13(14)19/h5-7,9,15-16,22H,4,8H2,1-3H3,(H,20,25)/t15-,16-/m0/s1. The van der Waals surface area contributed by atoms with Gasteiger partial charge in [-0.05, 0) is 32.4 Å². The Hall–Kier alpha value is -2.37. The average molecular weight is 413 g/mol. The van der Waals surface area contributed by atoms with E-state index in [1.807, 2.05) is 6.92 Å². The molecule has 2 atom stereocenters. The summed E-state index contributed by atoms with van der Waals surface area (Å²) in [5, 5.41) is 6.65. The zero-order valence-corrected chi connectivity index (χ0v) is 16.4. The molecule has 28 heavy (non-hydrogen) atoms. The molecule has 0 radical (unpaired) electrons. The van der Waals surface area contributed by atoms with Crippen LogP contribution in [0.25, 0.3) is 0 Å². The molecular weight excluding hydrogens is 392 g/mol. The molecule has 1 saturated heterocycles. The summed E-state index contributed by atoms with van der Waals surface area (Å²) < 4.78 is 57.1. The van der Waals surface area contributed by atoms with E-state index in [4.69, 9.17) is 0 Å². The highest BCUT2D eigenvalue weighted by Gasteiger charge is 2.41. The largest absolute Gasteiger partial charge is 0.322 e. The molecule has 2 N–H and O–H groups in total. The van der Waals surface area contributed by atoms with Gasteiger partial charge in [0.2, 0.25) is 5.91 Å². The van der Waals surface area contributed by atoms with Crippen LogP contribution in [0.1, 0.15) is 30.6 Å². The van der Waals surface area contributed by atoms with E-state index in [-0.39, 0.29) is 12.1 Å². The van der Waals surface area contributed by atoms with E-state index in [2.05, 4.69) is 15.1 Å². The first-order chi connectivity index (χ1) is 13.1. The first kappa shape index (κ1) is 20.4. The molecule has 8 nitrogen and oxygen atoms in total. The molecule has 0 spiro atoms. The Balaban J connectivity index is 1.88. The lowest BCUT2D eigenvalue weighted by molar-refractivity contribution is -0.120. The Morgan fingerprint density at radius 3 is 2.71 bits per heavy atom. The highest BCUT2D eigenvalue weighted by molar-refractivity contribution is 7.87. The third-order valence-electron chi connectivity index (χ3n) is 4.74. The van der Waals surface area contributed by atoms with Crippen molar-refractivity contribution < 1.29 is 22.0 Å². The average Bonchev–Trinajstić information content (AvgIpc) is 3.00. The molecule has 2 heterocycles. The van der Waals surface area contributed by atoms with Gasteiger partial charge >= 0.3 is 0 Å². The molecule has 2 aromatic rings. The van der Waals surface area contributed by atoms with E-state index in [0.717, 1.165) is 16.4 Å². The number of aryl methyl sites for hydroxylation is 2. The number of halogens is 2. The third kappa shape index (κ3) is 3.91. The molecule has 1 aromatic carbocycles. The highest BCUT2D eigenvalue weighted by Crippen LogP contribution is 2.30. The van der Waals surface area contributed by atoms with Gasteiger partial charge in [-0.15, -0.1) is 0 Å². The van der Waals surface area contributed by atoms with Crippen molar-refractivity contribution >= 4 is 21.8 Å². The summed E-state index contributed by atoms with van der Waals surface area (Å²) in [4.78, 5) is 12.7. The molecule has 152 valence electrons. The molecule has 1 fully saturated rings. The maximum Gasteiger partial charge on any atom is 0.280 e. The molecule has 0 unspecified atom stereocenters. The summed E-state index contributed by atoms with van der Waals surface area (Å²) in [5.74, 6) is -2.42. The predicted molar refractivity (Wildman–Crippen MR) is 98.6 cm³/mol. The lowest BCUT2D eigenvalue weighted by atomic mass is 10.00. The van der Waals surface area contributed by atoms with Crippen molar-refractivity contribution in [1.82, 2.24) is 18.8 Å². The van der Waals surface area contributed by atoms with E-state index in [1.54, 1.807) is 17.8 Å². The number of nitrogens with one attached hydrogen (secondary N) is 2. The number of hydrogen-bond donors (Lipinski definition) is 2. The number of aromatic nitrogens is 2. The number of amides is 1. The van der Waals surface area contributed by atoms with Crippen LogP contribution in [0.15, 0.2) is 24.4 Å². The lowest BCUT2D eigenvalue weighted by Crippen LogP contribution is -2.56. The monoisotopic (exact) mass is 413 g/mol. The zero-order chi connectivity index (χ0) is 20.6. The molecule has 1 aliphatic rings. The van der Waals surface area contributed by atoms with Crippen LogP contribution < -0.4 is 10.0 Å². The molecule has 0 saturated carbocycles. The van der Waals surface area contributed by atoms with Crippen LogP contribution in [0.5, 0.6) is 0 Å². The van der Waals surface area contributed by atoms with Crippen LogP contribution in [0.4, 0.5) is 14.5 Å². The van der Waals surface area contributed by atoms with Crippen LogP contribution in [0, 0.1) is 18.6 Å². The van der Waals surface area contributed by atoms with Gasteiger partial charge in [0.25, 0.3) is 10.2 Å². The van der Waals surface area contributed by atoms with Gasteiger partial charge in [-0.1, -0.05) is 0 Å². The molecule has 1 amide bonds. The molecule has 0 aliphatic carbocycles. The number of carbonyl (C=O) groups excluding carboxylic acids is 1. The van der Waals surface area contributed by atoms with Gasteiger partial charge in [0, 0.05) is 31.4 Å². The fourth-order valence-electron chi connectivity index (χ4n) is 3.16. The minimum absolute atomic E-state index is 0.126. The maximum atomic E-state index is 13.9. The van der Waals surface area contributed by atoms with E-state index in [9.17, 15) is 22.0 Å². The summed E-state index contributed by atoms with van der Waals surface area (Å²) >= 11 is 0. The van der Waals surface area contributed by atoms with Crippen LogP contribution >= 0.6 is 0 Å². The van der Waals surface area contributed by atoms with Gasteiger partial charge in [-0.3, -0.25) is 9.48 Å².